The molecule has 2 aromatic heterocycles. The molecule has 0 unspecified atom stereocenters. The fraction of sp³-hybridized carbons (Fsp3) is 0.600. The highest BCUT2D eigenvalue weighted by molar-refractivity contribution is 5.88. The van der Waals surface area contributed by atoms with Crippen molar-refractivity contribution >= 4 is 24.0 Å². The molecule has 1 aliphatic carbocycles. The van der Waals surface area contributed by atoms with E-state index in [0.717, 1.165) is 25.7 Å². The van der Waals surface area contributed by atoms with Gasteiger partial charge in [0.2, 0.25) is 11.9 Å². The summed E-state index contributed by atoms with van der Waals surface area (Å²) >= 11 is 0. The van der Waals surface area contributed by atoms with Gasteiger partial charge in [-0.3, -0.25) is 10.6 Å². The van der Waals surface area contributed by atoms with Crippen molar-refractivity contribution in [3.63, 3.8) is 0 Å². The monoisotopic (exact) mass is 336 g/mol. The predicted octanol–water partition coefficient (Wildman–Crippen LogP) is -1.03. The number of aromatic amines is 2. The number of hydrogen-bond donors (Lipinski definition) is 6. The Balaban J connectivity index is 1.36. The molecule has 0 aliphatic heterocycles. The molecule has 0 bridgehead atoms. The van der Waals surface area contributed by atoms with Crippen molar-refractivity contribution in [2.75, 3.05) is 10.6 Å². The van der Waals surface area contributed by atoms with Crippen LogP contribution in [0.25, 0.3) is 0 Å². The first kappa shape index (κ1) is 15.6. The maximum absolute atomic E-state index is 11.8. The SMILES string of the molecule is O=C(Nc1nnn[nH]1)NC1CCC(NC(=O)Nc2nnn[nH]2)CC1. The molecule has 128 valence electrons. The van der Waals surface area contributed by atoms with Crippen LogP contribution in [0.4, 0.5) is 21.5 Å². The zero-order chi connectivity index (χ0) is 16.8. The Morgan fingerprint density at radius 3 is 1.54 bits per heavy atom. The molecule has 0 saturated heterocycles. The Morgan fingerprint density at radius 2 is 1.21 bits per heavy atom. The van der Waals surface area contributed by atoms with Gasteiger partial charge in [0.25, 0.3) is 0 Å². The van der Waals surface area contributed by atoms with E-state index in [4.69, 9.17) is 0 Å². The van der Waals surface area contributed by atoms with Gasteiger partial charge in [-0.2, -0.15) is 0 Å². The van der Waals surface area contributed by atoms with Gasteiger partial charge in [-0.05, 0) is 46.5 Å². The summed E-state index contributed by atoms with van der Waals surface area (Å²) in [6.07, 6.45) is 2.99. The van der Waals surface area contributed by atoms with Crippen molar-refractivity contribution in [3.05, 3.63) is 0 Å². The van der Waals surface area contributed by atoms with E-state index in [1.54, 1.807) is 0 Å². The van der Waals surface area contributed by atoms with Gasteiger partial charge >= 0.3 is 12.1 Å². The van der Waals surface area contributed by atoms with Crippen molar-refractivity contribution in [2.24, 2.45) is 0 Å². The number of amides is 4. The second-order valence-electron chi connectivity index (χ2n) is 5.25. The second-order valence-corrected chi connectivity index (χ2v) is 5.25. The third kappa shape index (κ3) is 4.34. The van der Waals surface area contributed by atoms with Crippen molar-refractivity contribution in [3.8, 4) is 0 Å². The lowest BCUT2D eigenvalue weighted by atomic mass is 9.91. The Morgan fingerprint density at radius 1 is 0.792 bits per heavy atom. The Labute approximate surface area is 134 Å². The van der Waals surface area contributed by atoms with E-state index < -0.39 is 0 Å². The van der Waals surface area contributed by atoms with E-state index in [2.05, 4.69) is 62.5 Å². The van der Waals surface area contributed by atoms with Crippen molar-refractivity contribution < 1.29 is 9.59 Å². The summed E-state index contributed by atoms with van der Waals surface area (Å²) in [7, 11) is 0. The largest absolute Gasteiger partial charge is 0.335 e. The number of anilines is 2. The number of carbonyl (C=O) groups is 2. The fourth-order valence-electron chi connectivity index (χ4n) is 2.46. The first-order chi connectivity index (χ1) is 11.7. The molecule has 3 rings (SSSR count). The Kier molecular flexibility index (Phi) is 4.73. The van der Waals surface area contributed by atoms with Gasteiger partial charge in [0.15, 0.2) is 0 Å². The summed E-state index contributed by atoms with van der Waals surface area (Å²) < 4.78 is 0. The highest BCUT2D eigenvalue weighted by Crippen LogP contribution is 2.18. The molecular formula is C10H16N12O2. The van der Waals surface area contributed by atoms with E-state index in [9.17, 15) is 9.59 Å². The summed E-state index contributed by atoms with van der Waals surface area (Å²) in [5.41, 5.74) is 0. The number of nitrogens with zero attached hydrogens (tertiary/aromatic N) is 6. The highest BCUT2D eigenvalue weighted by atomic mass is 16.2. The molecule has 2 aromatic rings. The minimum absolute atomic E-state index is 0.0282. The van der Waals surface area contributed by atoms with Crippen LogP contribution >= 0.6 is 0 Å². The number of urea groups is 2. The molecule has 4 amide bonds. The molecule has 2 heterocycles. The summed E-state index contributed by atoms with van der Waals surface area (Å²) in [5.74, 6) is 0.364. The maximum atomic E-state index is 11.8. The highest BCUT2D eigenvalue weighted by Gasteiger charge is 2.24. The van der Waals surface area contributed by atoms with E-state index in [0.29, 0.717) is 0 Å². The molecule has 0 radical (unpaired) electrons. The third-order valence-corrected chi connectivity index (χ3v) is 3.55. The van der Waals surface area contributed by atoms with E-state index in [1.807, 2.05) is 0 Å². The van der Waals surface area contributed by atoms with Gasteiger partial charge in [0, 0.05) is 12.1 Å². The predicted molar refractivity (Wildman–Crippen MR) is 78.7 cm³/mol. The fourth-order valence-corrected chi connectivity index (χ4v) is 2.46. The first-order valence-corrected chi connectivity index (χ1v) is 7.31. The summed E-state index contributed by atoms with van der Waals surface area (Å²) in [4.78, 5) is 23.6. The zero-order valence-electron chi connectivity index (χ0n) is 12.5. The molecule has 6 N–H and O–H groups in total. The number of tetrazole rings is 2. The smallest absolute Gasteiger partial charge is 0.321 e. The van der Waals surface area contributed by atoms with Crippen LogP contribution in [-0.4, -0.2) is 65.4 Å². The lowest BCUT2D eigenvalue weighted by molar-refractivity contribution is 0.233. The Bertz CT molecular complexity index is 589. The molecule has 14 heteroatoms. The van der Waals surface area contributed by atoms with Gasteiger partial charge in [0.1, 0.15) is 0 Å². The van der Waals surface area contributed by atoms with Gasteiger partial charge in [-0.1, -0.05) is 10.2 Å². The summed E-state index contributed by atoms with van der Waals surface area (Å²) in [5, 5.41) is 36.1. The molecule has 0 spiro atoms. The van der Waals surface area contributed by atoms with Crippen LogP contribution in [0.15, 0.2) is 0 Å². The van der Waals surface area contributed by atoms with E-state index in [-0.39, 0.29) is 36.0 Å². The molecule has 1 fully saturated rings. The number of carbonyl (C=O) groups excluding carboxylic acids is 2. The van der Waals surface area contributed by atoms with Crippen LogP contribution in [0.1, 0.15) is 25.7 Å². The van der Waals surface area contributed by atoms with Gasteiger partial charge in [0.05, 0.1) is 0 Å². The third-order valence-electron chi connectivity index (χ3n) is 3.55. The topological polar surface area (TPSA) is 191 Å². The van der Waals surface area contributed by atoms with Crippen molar-refractivity contribution in [1.82, 2.24) is 51.9 Å². The number of H-pyrrole nitrogens is 2. The molecule has 0 atom stereocenters. The average molecular weight is 336 g/mol. The van der Waals surface area contributed by atoms with E-state index >= 15 is 0 Å². The molecule has 14 nitrogen and oxygen atoms in total. The first-order valence-electron chi connectivity index (χ1n) is 7.31. The van der Waals surface area contributed by atoms with Crippen LogP contribution in [0.3, 0.4) is 0 Å². The Hall–Kier alpha value is -3.32. The summed E-state index contributed by atoms with van der Waals surface area (Å²) in [6, 6.07) is -0.693. The van der Waals surface area contributed by atoms with Gasteiger partial charge in [-0.15, -0.1) is 0 Å². The quantitative estimate of drug-likeness (QED) is 0.408. The van der Waals surface area contributed by atoms with Crippen LogP contribution in [0.2, 0.25) is 0 Å². The molecule has 1 saturated carbocycles. The minimum Gasteiger partial charge on any atom is -0.335 e. The van der Waals surface area contributed by atoms with Gasteiger partial charge in [-0.25, -0.2) is 19.8 Å². The number of aromatic nitrogens is 8. The van der Waals surface area contributed by atoms with E-state index in [1.165, 1.54) is 0 Å². The van der Waals surface area contributed by atoms with Crippen LogP contribution in [-0.2, 0) is 0 Å². The summed E-state index contributed by atoms with van der Waals surface area (Å²) in [6.45, 7) is 0. The van der Waals surface area contributed by atoms with Gasteiger partial charge < -0.3 is 10.6 Å². The number of nitrogens with one attached hydrogen (secondary N) is 6. The lowest BCUT2D eigenvalue weighted by Gasteiger charge is -2.29. The van der Waals surface area contributed by atoms with Crippen molar-refractivity contribution in [2.45, 2.75) is 37.8 Å². The second kappa shape index (κ2) is 7.30. The number of rotatable bonds is 4. The molecule has 1 aliphatic rings. The maximum Gasteiger partial charge on any atom is 0.321 e. The number of hydrogen-bond acceptors (Lipinski definition) is 8. The molecule has 24 heavy (non-hydrogen) atoms. The molecular weight excluding hydrogens is 320 g/mol. The molecule has 0 aromatic carbocycles. The van der Waals surface area contributed by atoms with Crippen LogP contribution in [0.5, 0.6) is 0 Å². The lowest BCUT2D eigenvalue weighted by Crippen LogP contribution is -2.46. The standard InChI is InChI=1S/C10H16N12O2/c23-9(13-7-15-19-20-16-7)11-5-1-2-6(4-3-5)12-10(24)14-8-17-21-22-18-8/h5-6H,1-4H2,(H3,11,13,15,16,19,20,23)(H3,12,14,17,18,21,22,24). The zero-order valence-corrected chi connectivity index (χ0v) is 12.5. The average Bonchev–Trinajstić information content (AvgIpc) is 3.23. The minimum atomic E-state index is -0.375. The normalized spacial score (nSPS) is 20.2. The van der Waals surface area contributed by atoms with Crippen LogP contribution in [0, 0.1) is 0 Å². The van der Waals surface area contributed by atoms with Crippen molar-refractivity contribution in [1.29, 1.82) is 0 Å². The van der Waals surface area contributed by atoms with Crippen LogP contribution < -0.4 is 21.3 Å².